The number of rotatable bonds is 5. The standard InChI is InChI=1S/C14H14N2O6S.C13H12N2O6S/c1-21-9-6-8-7-10(14(18)15-2-4-22-5-3-15)23-13(8)11(12(9)17)16(19)20;16-8-5-7-6-9(13(18)14-1-3-21-4-2-14)22-12(7)10(11(8)17)15(19)20/h6-7,17H,2-5H2,1H3;5-6,16-17H,1-4H2. The molecule has 2 amide bonds. The third-order valence-corrected chi connectivity index (χ3v) is 9.35. The maximum absolute atomic E-state index is 12.5. The van der Waals surface area contributed by atoms with Crippen LogP contribution in [0, 0.1) is 20.2 Å². The fourth-order valence-corrected chi connectivity index (χ4v) is 7.07. The highest BCUT2D eigenvalue weighted by atomic mass is 32.1. The second-order valence-electron chi connectivity index (χ2n) is 9.75. The molecule has 0 unspecified atom stereocenters. The molecule has 45 heavy (non-hydrogen) atoms. The lowest BCUT2D eigenvalue weighted by Gasteiger charge is -2.26. The molecule has 0 atom stereocenters. The summed E-state index contributed by atoms with van der Waals surface area (Å²) >= 11 is 1.93. The molecule has 16 nitrogen and oxygen atoms in total. The van der Waals surface area contributed by atoms with Crippen LogP contribution in [0.25, 0.3) is 20.2 Å². The second-order valence-corrected chi connectivity index (χ2v) is 11.9. The van der Waals surface area contributed by atoms with Gasteiger partial charge in [-0.2, -0.15) is 0 Å². The minimum atomic E-state index is -0.787. The summed E-state index contributed by atoms with van der Waals surface area (Å²) in [5.74, 6) is -2.32. The van der Waals surface area contributed by atoms with Crippen molar-refractivity contribution in [3.63, 3.8) is 0 Å². The SMILES string of the molecule is COc1cc2cc(C(=O)N3CCOCC3)sc2c([N+](=O)[O-])c1O.O=C(c1cc2cc(O)c(O)c([N+](=O)[O-])c2s1)N1CCOCC1. The van der Waals surface area contributed by atoms with Crippen molar-refractivity contribution in [2.24, 2.45) is 0 Å². The highest BCUT2D eigenvalue weighted by molar-refractivity contribution is 7.21. The molecule has 3 N–H and O–H groups in total. The summed E-state index contributed by atoms with van der Waals surface area (Å²) in [7, 11) is 1.32. The summed E-state index contributed by atoms with van der Waals surface area (Å²) in [6, 6.07) is 5.78. The molecular weight excluding hydrogens is 636 g/mol. The van der Waals surface area contributed by atoms with Crippen molar-refractivity contribution in [2.45, 2.75) is 0 Å². The first kappa shape index (κ1) is 31.6. The zero-order chi connectivity index (χ0) is 32.4. The Morgan fingerprint density at radius 1 is 0.756 bits per heavy atom. The van der Waals surface area contributed by atoms with E-state index in [1.807, 2.05) is 0 Å². The smallest absolute Gasteiger partial charge is 0.332 e. The van der Waals surface area contributed by atoms with Crippen molar-refractivity contribution >= 4 is 66.0 Å². The van der Waals surface area contributed by atoms with Crippen molar-refractivity contribution < 1.29 is 49.0 Å². The summed E-state index contributed by atoms with van der Waals surface area (Å²) in [4.78, 5) is 49.8. The van der Waals surface area contributed by atoms with E-state index in [0.29, 0.717) is 73.1 Å². The molecule has 2 aliphatic rings. The van der Waals surface area contributed by atoms with E-state index < -0.39 is 38.5 Å². The quantitative estimate of drug-likeness (QED) is 0.158. The van der Waals surface area contributed by atoms with Crippen LogP contribution < -0.4 is 4.74 Å². The number of aromatic hydroxyl groups is 3. The third kappa shape index (κ3) is 6.25. The molecule has 6 rings (SSSR count). The van der Waals surface area contributed by atoms with E-state index >= 15 is 0 Å². The molecule has 4 heterocycles. The average Bonchev–Trinajstić information content (AvgIpc) is 3.65. The number of ether oxygens (including phenoxy) is 3. The molecule has 2 aliphatic heterocycles. The normalized spacial score (nSPS) is 15.0. The van der Waals surface area contributed by atoms with Gasteiger partial charge in [0.1, 0.15) is 9.40 Å². The predicted octanol–water partition coefficient (Wildman–Crippen LogP) is 3.69. The summed E-state index contributed by atoms with van der Waals surface area (Å²) < 4.78 is 15.8. The molecule has 0 saturated carbocycles. The molecule has 2 saturated heterocycles. The predicted molar refractivity (Wildman–Crippen MR) is 162 cm³/mol. The topological polar surface area (TPSA) is 215 Å². The van der Waals surface area contributed by atoms with Crippen molar-refractivity contribution in [3.05, 3.63) is 54.2 Å². The number of nitro benzene ring substituents is 2. The van der Waals surface area contributed by atoms with Crippen LogP contribution in [0.2, 0.25) is 0 Å². The summed E-state index contributed by atoms with van der Waals surface area (Å²) in [5, 5.41) is 52.4. The number of morpholine rings is 2. The lowest BCUT2D eigenvalue weighted by molar-refractivity contribution is -0.384. The van der Waals surface area contributed by atoms with Gasteiger partial charge in [-0.15, -0.1) is 22.7 Å². The number of thiophene rings is 2. The Balaban J connectivity index is 0.000000178. The maximum Gasteiger partial charge on any atom is 0.332 e. The number of amides is 2. The number of carbonyl (C=O) groups excluding carboxylic acids is 2. The largest absolute Gasteiger partial charge is 0.504 e. The number of carbonyl (C=O) groups is 2. The maximum atomic E-state index is 12.5. The Hall–Kier alpha value is -4.78. The van der Waals surface area contributed by atoms with Gasteiger partial charge >= 0.3 is 11.4 Å². The molecule has 0 bridgehead atoms. The molecule has 0 spiro atoms. The summed E-state index contributed by atoms with van der Waals surface area (Å²) in [6.07, 6.45) is 0. The molecule has 2 fully saturated rings. The number of hydrogen-bond donors (Lipinski definition) is 3. The van der Waals surface area contributed by atoms with E-state index in [9.17, 15) is 45.1 Å². The monoisotopic (exact) mass is 662 g/mol. The molecule has 0 radical (unpaired) electrons. The van der Waals surface area contributed by atoms with Crippen molar-refractivity contribution in [1.82, 2.24) is 9.80 Å². The first-order valence-electron chi connectivity index (χ1n) is 13.4. The number of benzene rings is 2. The van der Waals surface area contributed by atoms with Crippen LogP contribution in [0.15, 0.2) is 24.3 Å². The zero-order valence-electron chi connectivity index (χ0n) is 23.6. The van der Waals surface area contributed by atoms with Crippen LogP contribution in [0.5, 0.6) is 23.0 Å². The van der Waals surface area contributed by atoms with Gasteiger partial charge in [0.25, 0.3) is 11.8 Å². The lowest BCUT2D eigenvalue weighted by Crippen LogP contribution is -2.40. The number of phenols is 3. The Morgan fingerprint density at radius 3 is 1.60 bits per heavy atom. The fourth-order valence-electron chi connectivity index (χ4n) is 4.82. The van der Waals surface area contributed by atoms with Gasteiger partial charge in [-0.1, -0.05) is 0 Å². The van der Waals surface area contributed by atoms with Gasteiger partial charge in [-0.25, -0.2) is 0 Å². The lowest BCUT2D eigenvalue weighted by atomic mass is 10.2. The van der Waals surface area contributed by atoms with Crippen LogP contribution in [-0.2, 0) is 9.47 Å². The van der Waals surface area contributed by atoms with Crippen LogP contribution in [-0.4, -0.2) is 106 Å². The summed E-state index contributed by atoms with van der Waals surface area (Å²) in [6.45, 7) is 3.78. The second kappa shape index (κ2) is 13.1. The van der Waals surface area contributed by atoms with E-state index in [1.54, 1.807) is 15.9 Å². The van der Waals surface area contributed by atoms with Gasteiger partial charge in [0, 0.05) is 37.0 Å². The summed E-state index contributed by atoms with van der Waals surface area (Å²) in [5.41, 5.74) is -1.02. The van der Waals surface area contributed by atoms with E-state index in [-0.39, 0.29) is 27.0 Å². The Labute approximate surface area is 261 Å². The average molecular weight is 663 g/mol. The molecular formula is C27H26N4O12S2. The molecule has 4 aromatic rings. The first-order chi connectivity index (χ1) is 21.5. The number of nitro groups is 2. The highest BCUT2D eigenvalue weighted by Gasteiger charge is 2.29. The van der Waals surface area contributed by atoms with E-state index in [1.165, 1.54) is 25.3 Å². The van der Waals surface area contributed by atoms with Gasteiger partial charge < -0.3 is 39.3 Å². The molecule has 2 aromatic carbocycles. The van der Waals surface area contributed by atoms with Crippen LogP contribution in [0.1, 0.15) is 19.3 Å². The van der Waals surface area contributed by atoms with Crippen LogP contribution >= 0.6 is 22.7 Å². The molecule has 0 aliphatic carbocycles. The third-order valence-electron chi connectivity index (χ3n) is 7.06. The fraction of sp³-hybridized carbons (Fsp3) is 0.333. The number of nitrogens with zero attached hydrogens (tertiary/aromatic N) is 4. The van der Waals surface area contributed by atoms with Gasteiger partial charge in [0.05, 0.1) is 53.1 Å². The zero-order valence-corrected chi connectivity index (χ0v) is 25.2. The van der Waals surface area contributed by atoms with Gasteiger partial charge in [0.2, 0.25) is 11.5 Å². The number of phenolic OH excluding ortho intramolecular Hbond substituents is 3. The first-order valence-corrected chi connectivity index (χ1v) is 15.0. The van der Waals surface area contributed by atoms with Crippen molar-refractivity contribution in [2.75, 3.05) is 59.7 Å². The Morgan fingerprint density at radius 2 is 1.18 bits per heavy atom. The minimum Gasteiger partial charge on any atom is -0.504 e. The Bertz CT molecular complexity index is 1810. The molecule has 238 valence electrons. The van der Waals surface area contributed by atoms with E-state index in [4.69, 9.17) is 14.2 Å². The van der Waals surface area contributed by atoms with Crippen LogP contribution in [0.3, 0.4) is 0 Å². The Kier molecular flexibility index (Phi) is 9.19. The van der Waals surface area contributed by atoms with E-state index in [0.717, 1.165) is 22.7 Å². The van der Waals surface area contributed by atoms with Gasteiger partial charge in [0.15, 0.2) is 11.5 Å². The number of hydrogen-bond acceptors (Lipinski definition) is 14. The highest BCUT2D eigenvalue weighted by Crippen LogP contribution is 2.46. The molecule has 2 aromatic heterocycles. The minimum absolute atomic E-state index is 0.00683. The van der Waals surface area contributed by atoms with E-state index in [2.05, 4.69) is 0 Å². The van der Waals surface area contributed by atoms with Gasteiger partial charge in [-0.05, 0) is 24.3 Å². The van der Waals surface area contributed by atoms with Crippen LogP contribution in [0.4, 0.5) is 11.4 Å². The van der Waals surface area contributed by atoms with Crippen molar-refractivity contribution in [3.8, 4) is 23.0 Å². The number of fused-ring (bicyclic) bond motifs is 2. The number of methoxy groups -OCH3 is 1. The van der Waals surface area contributed by atoms with Gasteiger partial charge in [-0.3, -0.25) is 29.8 Å². The molecule has 18 heteroatoms. The van der Waals surface area contributed by atoms with Crippen molar-refractivity contribution in [1.29, 1.82) is 0 Å².